The van der Waals surface area contributed by atoms with Gasteiger partial charge < -0.3 is 10.1 Å². The van der Waals surface area contributed by atoms with E-state index in [9.17, 15) is 9.59 Å². The molecule has 0 aliphatic rings. The fraction of sp³-hybridized carbons (Fsp3) is 0.429. The molecular weight excluding hydrogens is 262 g/mol. The molecule has 0 aromatic heterocycles. The first-order valence-electron chi connectivity index (χ1n) is 6.07. The van der Waals surface area contributed by atoms with E-state index < -0.39 is 12.0 Å². The number of hydrogen-bond acceptors (Lipinski definition) is 4. The molecule has 0 saturated heterocycles. The molecule has 0 fully saturated rings. The van der Waals surface area contributed by atoms with Crippen LogP contribution in [0.2, 0.25) is 0 Å². The number of nitrogens with one attached hydrogen (secondary N) is 1. The third-order valence-electron chi connectivity index (χ3n) is 2.51. The van der Waals surface area contributed by atoms with Crippen LogP contribution in [0, 0.1) is 6.92 Å². The first kappa shape index (κ1) is 15.6. The summed E-state index contributed by atoms with van der Waals surface area (Å²) < 4.78 is 5.27. The van der Waals surface area contributed by atoms with Crippen molar-refractivity contribution in [2.45, 2.75) is 26.3 Å². The van der Waals surface area contributed by atoms with E-state index in [0.29, 0.717) is 12.2 Å². The summed E-state index contributed by atoms with van der Waals surface area (Å²) in [7, 11) is 0. The SMILES string of the molecule is CSCCC(NC(C)=O)C(=O)Oc1ccc(C)cc1. The molecule has 0 heterocycles. The van der Waals surface area contributed by atoms with Crippen molar-refractivity contribution in [1.82, 2.24) is 5.32 Å². The van der Waals surface area contributed by atoms with Gasteiger partial charge in [-0.3, -0.25) is 4.79 Å². The van der Waals surface area contributed by atoms with Crippen molar-refractivity contribution in [3.63, 3.8) is 0 Å². The molecule has 19 heavy (non-hydrogen) atoms. The zero-order valence-corrected chi connectivity index (χ0v) is 12.3. The number of carbonyl (C=O) groups excluding carboxylic acids is 2. The Bertz CT molecular complexity index is 431. The van der Waals surface area contributed by atoms with Gasteiger partial charge in [0.05, 0.1) is 0 Å². The minimum atomic E-state index is -0.591. The van der Waals surface area contributed by atoms with Crippen LogP contribution < -0.4 is 10.1 Å². The first-order valence-corrected chi connectivity index (χ1v) is 7.46. The number of ether oxygens (including phenoxy) is 1. The third-order valence-corrected chi connectivity index (χ3v) is 3.16. The fourth-order valence-electron chi connectivity index (χ4n) is 1.52. The lowest BCUT2D eigenvalue weighted by Crippen LogP contribution is -2.42. The van der Waals surface area contributed by atoms with Gasteiger partial charge in [0.2, 0.25) is 5.91 Å². The van der Waals surface area contributed by atoms with E-state index in [4.69, 9.17) is 4.74 Å². The molecule has 0 radical (unpaired) electrons. The molecule has 0 saturated carbocycles. The molecule has 1 unspecified atom stereocenters. The second-order valence-corrected chi connectivity index (χ2v) is 5.25. The maximum Gasteiger partial charge on any atom is 0.334 e. The lowest BCUT2D eigenvalue weighted by atomic mass is 10.2. The van der Waals surface area contributed by atoms with Gasteiger partial charge in [-0.25, -0.2) is 4.79 Å². The Morgan fingerprint density at radius 1 is 1.32 bits per heavy atom. The summed E-state index contributed by atoms with van der Waals surface area (Å²) >= 11 is 1.62. The second kappa shape index (κ2) is 7.84. The highest BCUT2D eigenvalue weighted by molar-refractivity contribution is 7.98. The highest BCUT2D eigenvalue weighted by atomic mass is 32.2. The average molecular weight is 281 g/mol. The second-order valence-electron chi connectivity index (χ2n) is 4.27. The molecule has 0 aliphatic carbocycles. The van der Waals surface area contributed by atoms with E-state index in [1.165, 1.54) is 6.92 Å². The molecule has 0 aliphatic heterocycles. The van der Waals surface area contributed by atoms with Crippen molar-refractivity contribution in [3.8, 4) is 5.75 Å². The van der Waals surface area contributed by atoms with Gasteiger partial charge in [-0.1, -0.05) is 17.7 Å². The lowest BCUT2D eigenvalue weighted by Gasteiger charge is -2.16. The number of rotatable bonds is 6. The van der Waals surface area contributed by atoms with Crippen molar-refractivity contribution >= 4 is 23.6 Å². The molecule has 1 amide bonds. The Hall–Kier alpha value is -1.49. The Labute approximate surface area is 117 Å². The Kier molecular flexibility index (Phi) is 6.42. The first-order chi connectivity index (χ1) is 9.02. The van der Waals surface area contributed by atoms with E-state index in [1.54, 1.807) is 23.9 Å². The van der Waals surface area contributed by atoms with Crippen LogP contribution in [0.3, 0.4) is 0 Å². The largest absolute Gasteiger partial charge is 0.425 e. The van der Waals surface area contributed by atoms with Crippen molar-refractivity contribution in [1.29, 1.82) is 0 Å². The van der Waals surface area contributed by atoms with Gasteiger partial charge in [0.25, 0.3) is 0 Å². The van der Waals surface area contributed by atoms with Gasteiger partial charge >= 0.3 is 5.97 Å². The molecule has 1 rings (SSSR count). The highest BCUT2D eigenvalue weighted by Crippen LogP contribution is 2.13. The number of thioether (sulfide) groups is 1. The number of amides is 1. The van der Waals surface area contributed by atoms with Crippen molar-refractivity contribution in [2.24, 2.45) is 0 Å². The Morgan fingerprint density at radius 3 is 2.47 bits per heavy atom. The summed E-state index contributed by atoms with van der Waals surface area (Å²) in [5, 5.41) is 2.62. The molecule has 1 aromatic rings. The van der Waals surface area contributed by atoms with Crippen LogP contribution in [-0.2, 0) is 9.59 Å². The number of aryl methyl sites for hydroxylation is 1. The van der Waals surface area contributed by atoms with Crippen molar-refractivity contribution in [3.05, 3.63) is 29.8 Å². The van der Waals surface area contributed by atoms with Gasteiger partial charge in [-0.2, -0.15) is 11.8 Å². The molecule has 1 atom stereocenters. The summed E-state index contributed by atoms with van der Waals surface area (Å²) in [6.07, 6.45) is 2.52. The Morgan fingerprint density at radius 2 is 1.95 bits per heavy atom. The monoisotopic (exact) mass is 281 g/mol. The predicted molar refractivity (Wildman–Crippen MR) is 77.4 cm³/mol. The maximum atomic E-state index is 12.0. The van der Waals surface area contributed by atoms with Gasteiger partial charge in [-0.15, -0.1) is 0 Å². The molecule has 5 heteroatoms. The van der Waals surface area contributed by atoms with Crippen LogP contribution in [0.1, 0.15) is 18.9 Å². The summed E-state index contributed by atoms with van der Waals surface area (Å²) in [5.74, 6) is 0.628. The predicted octanol–water partition coefficient (Wildman–Crippen LogP) is 2.16. The maximum absolute atomic E-state index is 12.0. The van der Waals surface area contributed by atoms with Gasteiger partial charge in [-0.05, 0) is 37.5 Å². The molecular formula is C14H19NO3S. The minimum absolute atomic E-state index is 0.230. The van der Waals surface area contributed by atoms with E-state index in [2.05, 4.69) is 5.32 Å². The highest BCUT2D eigenvalue weighted by Gasteiger charge is 2.21. The minimum Gasteiger partial charge on any atom is -0.425 e. The zero-order valence-electron chi connectivity index (χ0n) is 11.4. The molecule has 0 bridgehead atoms. The van der Waals surface area contributed by atoms with Gasteiger partial charge in [0.1, 0.15) is 11.8 Å². The third kappa shape index (κ3) is 5.79. The summed E-state index contributed by atoms with van der Waals surface area (Å²) in [4.78, 5) is 23.1. The van der Waals surface area contributed by atoms with Crippen LogP contribution in [0.5, 0.6) is 5.75 Å². The number of benzene rings is 1. The number of carbonyl (C=O) groups is 2. The van der Waals surface area contributed by atoms with Crippen LogP contribution in [-0.4, -0.2) is 29.9 Å². The van der Waals surface area contributed by atoms with E-state index in [0.717, 1.165) is 11.3 Å². The molecule has 1 aromatic carbocycles. The molecule has 104 valence electrons. The van der Waals surface area contributed by atoms with Crippen LogP contribution >= 0.6 is 11.8 Å². The summed E-state index contributed by atoms with van der Waals surface area (Å²) in [5.41, 5.74) is 1.10. The fourth-order valence-corrected chi connectivity index (χ4v) is 2.00. The number of hydrogen-bond donors (Lipinski definition) is 1. The van der Waals surface area contributed by atoms with Crippen LogP contribution in [0.15, 0.2) is 24.3 Å². The van der Waals surface area contributed by atoms with Crippen LogP contribution in [0.25, 0.3) is 0 Å². The molecule has 1 N–H and O–H groups in total. The number of esters is 1. The standard InChI is InChI=1S/C14H19NO3S/c1-10-4-6-12(7-5-10)18-14(17)13(8-9-19-3)15-11(2)16/h4-7,13H,8-9H2,1-3H3,(H,15,16). The van der Waals surface area contributed by atoms with E-state index in [-0.39, 0.29) is 5.91 Å². The van der Waals surface area contributed by atoms with Gasteiger partial charge in [0, 0.05) is 6.92 Å². The quantitative estimate of drug-likeness (QED) is 0.641. The molecule has 0 spiro atoms. The zero-order chi connectivity index (χ0) is 14.3. The average Bonchev–Trinajstić information content (AvgIpc) is 2.36. The summed E-state index contributed by atoms with van der Waals surface area (Å²) in [6.45, 7) is 3.36. The normalized spacial score (nSPS) is 11.7. The Balaban J connectivity index is 2.64. The van der Waals surface area contributed by atoms with Gasteiger partial charge in [0.15, 0.2) is 0 Å². The lowest BCUT2D eigenvalue weighted by molar-refractivity contribution is -0.139. The van der Waals surface area contributed by atoms with Crippen LogP contribution in [0.4, 0.5) is 0 Å². The van der Waals surface area contributed by atoms with Crippen molar-refractivity contribution < 1.29 is 14.3 Å². The van der Waals surface area contributed by atoms with Crippen molar-refractivity contribution in [2.75, 3.05) is 12.0 Å². The summed E-state index contributed by atoms with van der Waals surface area (Å²) in [6, 6.07) is 6.64. The van der Waals surface area contributed by atoms with E-state index >= 15 is 0 Å². The topological polar surface area (TPSA) is 55.4 Å². The molecule has 4 nitrogen and oxygen atoms in total. The smallest absolute Gasteiger partial charge is 0.334 e. The van der Waals surface area contributed by atoms with E-state index in [1.807, 2.05) is 25.3 Å².